The minimum Gasteiger partial charge on any atom is -0.481 e. The van der Waals surface area contributed by atoms with Crippen LogP contribution in [0.4, 0.5) is 0 Å². The lowest BCUT2D eigenvalue weighted by molar-refractivity contribution is -0.208. The molecule has 238 valence electrons. The van der Waals surface area contributed by atoms with Crippen molar-refractivity contribution in [1.29, 1.82) is 0 Å². The number of hydrogen-bond donors (Lipinski definition) is 3. The zero-order valence-electron chi connectivity index (χ0n) is 28.1. The first-order chi connectivity index (χ1) is 20.2. The summed E-state index contributed by atoms with van der Waals surface area (Å²) in [6, 6.07) is 11.1. The van der Waals surface area contributed by atoms with E-state index in [1.54, 1.807) is 0 Å². The van der Waals surface area contributed by atoms with Gasteiger partial charge in [-0.2, -0.15) is 0 Å². The van der Waals surface area contributed by atoms with Gasteiger partial charge >= 0.3 is 5.97 Å². The standard InChI is InChI=1S/C39H59NO3/c1-8-29(26-12-10-9-11-13-26)40-25-36(5)30-16-19-38(7)31(35(30,4)18-17-32(36)41)15-14-27-28-24-34(2,3)20-22-39(28,33(42)43)23-21-37(27,38)6/h9-14,28-32,40-41H,8,15-25H2,1-7H3,(H,42,43)/t28?,29-,30?,31?,32?,35?,36?,37?,38?,39?/m1/s1. The maximum atomic E-state index is 13.0. The van der Waals surface area contributed by atoms with Crippen LogP contribution in [0.15, 0.2) is 42.0 Å². The van der Waals surface area contributed by atoms with E-state index in [2.05, 4.69) is 90.2 Å². The highest BCUT2D eigenvalue weighted by molar-refractivity contribution is 5.76. The number of fused-ring (bicyclic) bond motifs is 7. The van der Waals surface area contributed by atoms with Crippen molar-refractivity contribution in [2.45, 2.75) is 131 Å². The average molecular weight is 590 g/mol. The van der Waals surface area contributed by atoms with Crippen LogP contribution < -0.4 is 5.32 Å². The summed E-state index contributed by atoms with van der Waals surface area (Å²) in [6.07, 6.45) is 13.3. The van der Waals surface area contributed by atoms with Crippen molar-refractivity contribution in [3.05, 3.63) is 47.5 Å². The highest BCUT2D eigenvalue weighted by Gasteiger charge is 2.69. The Labute approximate surface area is 261 Å². The van der Waals surface area contributed by atoms with Crippen molar-refractivity contribution in [1.82, 2.24) is 5.32 Å². The van der Waals surface area contributed by atoms with Gasteiger partial charge in [-0.25, -0.2) is 0 Å². The van der Waals surface area contributed by atoms with Gasteiger partial charge in [-0.15, -0.1) is 0 Å². The Hall–Kier alpha value is -1.65. The second-order valence-electron chi connectivity index (χ2n) is 17.5. The monoisotopic (exact) mass is 589 g/mol. The molecule has 1 aromatic rings. The van der Waals surface area contributed by atoms with Gasteiger partial charge < -0.3 is 15.5 Å². The second-order valence-corrected chi connectivity index (χ2v) is 17.5. The van der Waals surface area contributed by atoms with Crippen LogP contribution in [0.2, 0.25) is 0 Å². The fraction of sp³-hybridized carbons (Fsp3) is 0.769. The smallest absolute Gasteiger partial charge is 0.310 e. The highest BCUT2D eigenvalue weighted by atomic mass is 16.4. The topological polar surface area (TPSA) is 69.6 Å². The summed E-state index contributed by atoms with van der Waals surface area (Å²) in [6.45, 7) is 17.9. The number of carbonyl (C=O) groups is 1. The molecule has 4 saturated carbocycles. The zero-order chi connectivity index (χ0) is 31.1. The van der Waals surface area contributed by atoms with E-state index >= 15 is 0 Å². The summed E-state index contributed by atoms with van der Waals surface area (Å²) in [5.74, 6) is 0.604. The van der Waals surface area contributed by atoms with Gasteiger partial charge in [-0.3, -0.25) is 4.79 Å². The molecule has 0 radical (unpaired) electrons. The normalized spacial score (nSPS) is 45.9. The summed E-state index contributed by atoms with van der Waals surface area (Å²) >= 11 is 0. The van der Waals surface area contributed by atoms with Gasteiger partial charge in [0.2, 0.25) is 0 Å². The van der Waals surface area contributed by atoms with Crippen LogP contribution in [-0.2, 0) is 4.79 Å². The van der Waals surface area contributed by atoms with Crippen LogP contribution in [0.25, 0.3) is 0 Å². The Kier molecular flexibility index (Phi) is 7.61. The van der Waals surface area contributed by atoms with Gasteiger partial charge in [-0.1, -0.05) is 90.4 Å². The molecule has 4 nitrogen and oxygen atoms in total. The number of aliphatic hydroxyl groups is 1. The predicted molar refractivity (Wildman–Crippen MR) is 174 cm³/mol. The van der Waals surface area contributed by atoms with Crippen molar-refractivity contribution in [3.8, 4) is 0 Å². The Morgan fingerprint density at radius 2 is 1.63 bits per heavy atom. The molecule has 9 unspecified atom stereocenters. The van der Waals surface area contributed by atoms with Crippen LogP contribution in [0.5, 0.6) is 0 Å². The van der Waals surface area contributed by atoms with Crippen LogP contribution in [0, 0.1) is 50.2 Å². The minimum absolute atomic E-state index is 0.0340. The number of benzene rings is 1. The van der Waals surface area contributed by atoms with Crippen LogP contribution in [0.3, 0.4) is 0 Å². The van der Waals surface area contributed by atoms with E-state index < -0.39 is 11.4 Å². The van der Waals surface area contributed by atoms with Crippen LogP contribution in [-0.4, -0.2) is 28.8 Å². The molecular formula is C39H59NO3. The molecule has 0 saturated heterocycles. The maximum absolute atomic E-state index is 13.0. The zero-order valence-corrected chi connectivity index (χ0v) is 28.1. The number of aliphatic hydroxyl groups excluding tert-OH is 1. The number of hydrogen-bond acceptors (Lipinski definition) is 3. The van der Waals surface area contributed by atoms with Gasteiger partial charge in [0.05, 0.1) is 11.5 Å². The number of allylic oxidation sites excluding steroid dienone is 2. The lowest BCUT2D eigenvalue weighted by Crippen LogP contribution is -2.66. The van der Waals surface area contributed by atoms with E-state index in [4.69, 9.17) is 0 Å². The first kappa shape index (κ1) is 31.3. The summed E-state index contributed by atoms with van der Waals surface area (Å²) in [4.78, 5) is 13.0. The summed E-state index contributed by atoms with van der Waals surface area (Å²) in [5, 5.41) is 26.3. The van der Waals surface area contributed by atoms with Crippen molar-refractivity contribution < 1.29 is 15.0 Å². The van der Waals surface area contributed by atoms with E-state index in [9.17, 15) is 15.0 Å². The highest BCUT2D eigenvalue weighted by Crippen LogP contribution is 2.75. The van der Waals surface area contributed by atoms with Crippen molar-refractivity contribution >= 4 is 5.97 Å². The first-order valence-corrected chi connectivity index (χ1v) is 17.6. The lowest BCUT2D eigenvalue weighted by atomic mass is 9.33. The lowest BCUT2D eigenvalue weighted by Gasteiger charge is -2.71. The molecule has 0 heterocycles. The second kappa shape index (κ2) is 10.4. The molecule has 43 heavy (non-hydrogen) atoms. The summed E-state index contributed by atoms with van der Waals surface area (Å²) < 4.78 is 0. The van der Waals surface area contributed by atoms with E-state index in [1.807, 2.05) is 0 Å². The Bertz CT molecular complexity index is 1260. The molecule has 4 heteroatoms. The number of rotatable bonds is 6. The predicted octanol–water partition coefficient (Wildman–Crippen LogP) is 8.95. The Morgan fingerprint density at radius 1 is 0.930 bits per heavy atom. The molecule has 0 spiro atoms. The molecule has 0 bridgehead atoms. The minimum atomic E-state index is -0.584. The van der Waals surface area contributed by atoms with Crippen molar-refractivity contribution in [2.75, 3.05) is 6.54 Å². The molecule has 0 amide bonds. The fourth-order valence-corrected chi connectivity index (χ4v) is 12.2. The molecule has 6 rings (SSSR count). The van der Waals surface area contributed by atoms with E-state index in [-0.39, 0.29) is 39.1 Å². The van der Waals surface area contributed by atoms with Gasteiger partial charge in [-0.05, 0) is 116 Å². The van der Waals surface area contributed by atoms with E-state index in [1.165, 1.54) is 17.6 Å². The molecule has 5 aliphatic rings. The van der Waals surface area contributed by atoms with Crippen LogP contribution >= 0.6 is 0 Å². The third-order valence-corrected chi connectivity index (χ3v) is 15.2. The Balaban J connectivity index is 1.33. The van der Waals surface area contributed by atoms with Crippen molar-refractivity contribution in [2.24, 2.45) is 50.2 Å². The fourth-order valence-electron chi connectivity index (χ4n) is 12.2. The van der Waals surface area contributed by atoms with E-state index in [0.717, 1.165) is 70.8 Å². The third kappa shape index (κ3) is 4.46. The molecular weight excluding hydrogens is 530 g/mol. The molecule has 5 aliphatic carbocycles. The summed E-state index contributed by atoms with van der Waals surface area (Å²) in [7, 11) is 0. The van der Waals surface area contributed by atoms with Gasteiger partial charge in [0.25, 0.3) is 0 Å². The van der Waals surface area contributed by atoms with Crippen molar-refractivity contribution in [3.63, 3.8) is 0 Å². The first-order valence-electron chi connectivity index (χ1n) is 17.6. The molecule has 3 N–H and O–H groups in total. The summed E-state index contributed by atoms with van der Waals surface area (Å²) in [5.41, 5.74) is 2.58. The molecule has 1 aromatic carbocycles. The van der Waals surface area contributed by atoms with Gasteiger partial charge in [0.1, 0.15) is 0 Å². The molecule has 10 atom stereocenters. The number of aliphatic carboxylic acids is 1. The third-order valence-electron chi connectivity index (χ3n) is 15.2. The quantitative estimate of drug-likeness (QED) is 0.290. The van der Waals surface area contributed by atoms with E-state index in [0.29, 0.717) is 17.9 Å². The largest absolute Gasteiger partial charge is 0.481 e. The number of carboxylic acids is 1. The number of carboxylic acid groups (broad SMARTS) is 1. The van der Waals surface area contributed by atoms with Gasteiger partial charge in [0, 0.05) is 18.0 Å². The maximum Gasteiger partial charge on any atom is 0.310 e. The van der Waals surface area contributed by atoms with Gasteiger partial charge in [0.15, 0.2) is 0 Å². The number of nitrogens with one attached hydrogen (secondary N) is 1. The van der Waals surface area contributed by atoms with Crippen LogP contribution in [0.1, 0.15) is 131 Å². The Morgan fingerprint density at radius 3 is 2.30 bits per heavy atom. The molecule has 0 aromatic heterocycles. The average Bonchev–Trinajstić information content (AvgIpc) is 2.96. The SMILES string of the molecule is CC[C@@H](NCC1(C)C(O)CCC2(C)C1CCC1(C)C2CC=C2C3CC(C)(C)CCC3(C(=O)O)CCC21C)c1ccccc1. The molecule has 0 aliphatic heterocycles. The molecule has 4 fully saturated rings.